The molecule has 0 radical (unpaired) electrons. The van der Waals surface area contributed by atoms with E-state index in [1.807, 2.05) is 0 Å². The Labute approximate surface area is 334 Å². The van der Waals surface area contributed by atoms with Gasteiger partial charge >= 0.3 is 11.9 Å². The van der Waals surface area contributed by atoms with Crippen molar-refractivity contribution < 1.29 is 43.4 Å². The number of nitrogens with one attached hydrogen (secondary N) is 5. The monoisotopic (exact) mass is 845 g/mol. The van der Waals surface area contributed by atoms with E-state index in [2.05, 4.69) is 42.5 Å². The number of hydrogen-bond donors (Lipinski definition) is 6. The highest BCUT2D eigenvalue weighted by atomic mass is 79.9. The number of rotatable bonds is 8. The second-order valence-corrected chi connectivity index (χ2v) is 15.1. The normalized spacial score (nSPS) is 21.3. The van der Waals surface area contributed by atoms with E-state index in [0.29, 0.717) is 16.7 Å². The highest BCUT2D eigenvalue weighted by Crippen LogP contribution is 2.17. The maximum Gasteiger partial charge on any atom is 0.326 e. The summed E-state index contributed by atoms with van der Waals surface area (Å²) < 4.78 is 5.99. The van der Waals surface area contributed by atoms with Crippen LogP contribution >= 0.6 is 27.3 Å². The second-order valence-electron chi connectivity index (χ2n) is 13.1. The van der Waals surface area contributed by atoms with Crippen LogP contribution in [0, 0.1) is 0 Å². The van der Waals surface area contributed by atoms with Crippen molar-refractivity contribution in [2.75, 3.05) is 5.32 Å². The van der Waals surface area contributed by atoms with Gasteiger partial charge in [0.15, 0.2) is 6.10 Å². The van der Waals surface area contributed by atoms with E-state index < -0.39 is 78.2 Å². The molecule has 5 atom stereocenters. The molecule has 3 aromatic carbocycles. The molecule has 0 fully saturated rings. The highest BCUT2D eigenvalue weighted by molar-refractivity contribution is 9.10. The molecule has 1 aromatic heterocycles. The summed E-state index contributed by atoms with van der Waals surface area (Å²) in [5, 5.41) is 25.2. The fourth-order valence-corrected chi connectivity index (χ4v) is 6.99. The van der Waals surface area contributed by atoms with Gasteiger partial charge < -0.3 is 36.4 Å². The Hall–Kier alpha value is -5.87. The van der Waals surface area contributed by atoms with Gasteiger partial charge in [0.25, 0.3) is 5.91 Å². The molecule has 3 heterocycles. The summed E-state index contributed by atoms with van der Waals surface area (Å²) in [7, 11) is 0. The topological polar surface area (TPSA) is 209 Å². The first-order valence-electron chi connectivity index (χ1n) is 17.6. The van der Waals surface area contributed by atoms with Crippen molar-refractivity contribution >= 4 is 74.4 Å². The molecule has 4 aromatic rings. The first-order valence-corrected chi connectivity index (χ1v) is 19.3. The van der Waals surface area contributed by atoms with E-state index in [9.17, 15) is 38.7 Å². The number of carboxylic acid groups (broad SMARTS) is 1. The van der Waals surface area contributed by atoms with Crippen LogP contribution in [0.5, 0.6) is 0 Å². The summed E-state index contributed by atoms with van der Waals surface area (Å²) in [4.78, 5) is 94.3. The molecule has 16 heteroatoms. The maximum absolute atomic E-state index is 14.2. The van der Waals surface area contributed by atoms with Gasteiger partial charge in [-0.05, 0) is 52.4 Å². The molecule has 14 nitrogen and oxygen atoms in total. The number of hydrogen-bond acceptors (Lipinski definition) is 9. The number of fused-ring (bicyclic) bond motifs is 18. The van der Waals surface area contributed by atoms with Crippen LogP contribution in [-0.4, -0.2) is 76.9 Å². The molecule has 0 spiro atoms. The van der Waals surface area contributed by atoms with Crippen molar-refractivity contribution in [2.45, 2.75) is 69.3 Å². The van der Waals surface area contributed by atoms with Crippen molar-refractivity contribution in [3.63, 3.8) is 0 Å². The van der Waals surface area contributed by atoms with Gasteiger partial charge in [-0.1, -0.05) is 76.6 Å². The van der Waals surface area contributed by atoms with Gasteiger partial charge in [-0.25, -0.2) is 4.79 Å². The van der Waals surface area contributed by atoms with E-state index in [0.717, 1.165) is 16.3 Å². The maximum atomic E-state index is 14.2. The SMILES string of the molecule is CC(=O)O[C@@H]1CC(=O)N[C@H](Cc2cccs2)C(=O)N[C@@H](Cc2ccc(Br)cc2)C(=O)N[C@H](Cc2ccccc2)C(=O)N[C@@H](C(=O)O)Cc2ccc(cc2)NC1=O. The van der Waals surface area contributed by atoms with Gasteiger partial charge in [0.1, 0.15) is 24.2 Å². The molecule has 0 saturated heterocycles. The van der Waals surface area contributed by atoms with Gasteiger partial charge in [-0.3, -0.25) is 28.8 Å². The van der Waals surface area contributed by atoms with Crippen molar-refractivity contribution in [3.8, 4) is 0 Å². The number of carbonyl (C=O) groups excluding carboxylic acids is 6. The first kappa shape index (κ1) is 41.3. The number of anilines is 1. The molecule has 2 bridgehead atoms. The molecule has 56 heavy (non-hydrogen) atoms. The minimum absolute atomic E-state index is 0.00133. The second kappa shape index (κ2) is 19.6. The quantitative estimate of drug-likeness (QED) is 0.114. The Balaban J connectivity index is 1.54. The zero-order valence-electron chi connectivity index (χ0n) is 30.2. The third-order valence-electron chi connectivity index (χ3n) is 8.79. The van der Waals surface area contributed by atoms with Crippen LogP contribution < -0.4 is 26.6 Å². The molecule has 6 N–H and O–H groups in total. The lowest BCUT2D eigenvalue weighted by atomic mass is 10.0. The number of carboxylic acids is 1. The molecule has 0 unspecified atom stereocenters. The Bertz CT molecular complexity index is 2030. The predicted molar refractivity (Wildman–Crippen MR) is 210 cm³/mol. The van der Waals surface area contributed by atoms with Gasteiger partial charge in [-0.15, -0.1) is 11.3 Å². The third kappa shape index (κ3) is 12.3. The summed E-state index contributed by atoms with van der Waals surface area (Å²) in [6.07, 6.45) is -2.35. The zero-order valence-corrected chi connectivity index (χ0v) is 32.6. The lowest BCUT2D eigenvalue weighted by Gasteiger charge is -2.26. The van der Waals surface area contributed by atoms with Crippen molar-refractivity contribution in [1.29, 1.82) is 0 Å². The third-order valence-corrected chi connectivity index (χ3v) is 10.2. The molecule has 5 amide bonds. The van der Waals surface area contributed by atoms with Gasteiger partial charge in [0, 0.05) is 47.6 Å². The smallest absolute Gasteiger partial charge is 0.326 e. The molecule has 6 rings (SSSR count). The Morgan fingerprint density at radius 3 is 1.86 bits per heavy atom. The zero-order chi connectivity index (χ0) is 40.2. The van der Waals surface area contributed by atoms with E-state index >= 15 is 0 Å². The summed E-state index contributed by atoms with van der Waals surface area (Å²) in [5.74, 6) is -5.98. The van der Waals surface area contributed by atoms with Crippen molar-refractivity contribution in [1.82, 2.24) is 21.3 Å². The van der Waals surface area contributed by atoms with Gasteiger partial charge in [0.2, 0.25) is 23.6 Å². The predicted octanol–water partition coefficient (Wildman–Crippen LogP) is 3.08. The molecular weight excluding hydrogens is 806 g/mol. The summed E-state index contributed by atoms with van der Waals surface area (Å²) >= 11 is 4.74. The largest absolute Gasteiger partial charge is 0.480 e. The average molecular weight is 847 g/mol. The van der Waals surface area contributed by atoms with E-state index in [1.54, 1.807) is 84.2 Å². The fourth-order valence-electron chi connectivity index (χ4n) is 5.97. The average Bonchev–Trinajstić information content (AvgIpc) is 3.68. The Morgan fingerprint density at radius 1 is 0.696 bits per heavy atom. The molecule has 0 aliphatic carbocycles. The van der Waals surface area contributed by atoms with Crippen LogP contribution in [0.4, 0.5) is 5.69 Å². The molecule has 2 aliphatic rings. The van der Waals surface area contributed by atoms with Crippen LogP contribution in [0.15, 0.2) is 101 Å². The number of halogens is 1. The standard InChI is InChI=1S/C40H40BrN5O9S/c1-23(47)55-34-22-35(48)43-32(21-29-8-5-17-56-29)38(51)45-31(19-25-9-13-27(41)14-10-25)36(49)44-30(18-24-6-3-2-4-7-24)37(50)46-33(40(53)54)20-26-11-15-28(16-12-26)42-39(34)52/h2-17,30-34H,18-22H2,1H3,(H,42,52)(H,43,48)(H,44,49)(H,45,51)(H,46,50)(H,53,54)/t30-,31+,32-,33-,34-/m1/s1. The summed E-state index contributed by atoms with van der Waals surface area (Å²) in [6, 6.07) is 20.3. The van der Waals surface area contributed by atoms with Gasteiger partial charge in [0.05, 0.1) is 6.42 Å². The molecular formula is C40H40BrN5O9S. The number of carbonyl (C=O) groups is 7. The number of ether oxygens (including phenoxy) is 1. The van der Waals surface area contributed by atoms with Crippen LogP contribution in [0.25, 0.3) is 0 Å². The lowest BCUT2D eigenvalue weighted by Crippen LogP contribution is -2.59. The molecule has 0 saturated carbocycles. The van der Waals surface area contributed by atoms with Crippen LogP contribution in [0.1, 0.15) is 34.9 Å². The van der Waals surface area contributed by atoms with Crippen molar-refractivity contribution in [3.05, 3.63) is 122 Å². The number of esters is 1. The molecule has 2 aliphatic heterocycles. The number of thiophene rings is 1. The van der Waals surface area contributed by atoms with E-state index in [1.165, 1.54) is 23.5 Å². The van der Waals surface area contributed by atoms with Crippen LogP contribution in [-0.2, 0) is 64.0 Å². The van der Waals surface area contributed by atoms with E-state index in [4.69, 9.17) is 4.74 Å². The highest BCUT2D eigenvalue weighted by Gasteiger charge is 2.33. The van der Waals surface area contributed by atoms with Gasteiger partial charge in [-0.2, -0.15) is 0 Å². The lowest BCUT2D eigenvalue weighted by molar-refractivity contribution is -0.153. The molecule has 292 valence electrons. The van der Waals surface area contributed by atoms with Crippen LogP contribution in [0.3, 0.4) is 0 Å². The number of benzene rings is 3. The van der Waals surface area contributed by atoms with E-state index in [-0.39, 0.29) is 31.4 Å². The Morgan fingerprint density at radius 2 is 1.29 bits per heavy atom. The minimum atomic E-state index is -1.57. The van der Waals surface area contributed by atoms with Crippen LogP contribution in [0.2, 0.25) is 0 Å². The summed E-state index contributed by atoms with van der Waals surface area (Å²) in [5.41, 5.74) is 2.10. The number of aliphatic carboxylic acids is 1. The fraction of sp³-hybridized carbons (Fsp3) is 0.275. The summed E-state index contributed by atoms with van der Waals surface area (Å²) in [6.45, 7) is 1.09. The first-order chi connectivity index (χ1) is 26.8. The minimum Gasteiger partial charge on any atom is -0.480 e. The number of amides is 5. The van der Waals surface area contributed by atoms with Crippen molar-refractivity contribution in [2.24, 2.45) is 0 Å². The Kier molecular flexibility index (Phi) is 14.5.